The number of halogens is 2. The Labute approximate surface area is 117 Å². The van der Waals surface area contributed by atoms with Crippen LogP contribution in [-0.4, -0.2) is 11.5 Å². The van der Waals surface area contributed by atoms with Gasteiger partial charge in [0, 0.05) is 24.0 Å². The van der Waals surface area contributed by atoms with Gasteiger partial charge in [-0.05, 0) is 43.1 Å². The molecule has 1 atom stereocenters. The molecule has 20 heavy (non-hydrogen) atoms. The van der Waals surface area contributed by atoms with Crippen molar-refractivity contribution in [2.75, 3.05) is 6.54 Å². The fraction of sp³-hybridized carbons (Fsp3) is 0.312. The molecule has 0 aliphatic heterocycles. The summed E-state index contributed by atoms with van der Waals surface area (Å²) in [6.07, 6.45) is 4.97. The lowest BCUT2D eigenvalue weighted by Gasteiger charge is -2.19. The summed E-state index contributed by atoms with van der Waals surface area (Å²) < 4.78 is 27.2. The van der Waals surface area contributed by atoms with E-state index in [1.807, 2.05) is 19.1 Å². The predicted molar refractivity (Wildman–Crippen MR) is 75.3 cm³/mol. The molecule has 1 heterocycles. The first kappa shape index (κ1) is 14.6. The highest BCUT2D eigenvalue weighted by atomic mass is 19.2. The minimum Gasteiger partial charge on any atom is -0.310 e. The Morgan fingerprint density at radius 2 is 1.90 bits per heavy atom. The second-order valence-corrected chi connectivity index (χ2v) is 4.65. The molecule has 1 N–H and O–H groups in total. The molecule has 0 aliphatic rings. The molecule has 0 radical (unpaired) electrons. The minimum absolute atomic E-state index is 0.191. The Morgan fingerprint density at radius 1 is 1.15 bits per heavy atom. The van der Waals surface area contributed by atoms with Crippen LogP contribution in [0.2, 0.25) is 0 Å². The van der Waals surface area contributed by atoms with Gasteiger partial charge in [0.1, 0.15) is 0 Å². The van der Waals surface area contributed by atoms with E-state index in [4.69, 9.17) is 0 Å². The number of pyridine rings is 1. The second kappa shape index (κ2) is 7.10. The van der Waals surface area contributed by atoms with Gasteiger partial charge in [0.15, 0.2) is 11.6 Å². The second-order valence-electron chi connectivity index (χ2n) is 4.65. The van der Waals surface area contributed by atoms with E-state index < -0.39 is 11.6 Å². The molecular formula is C16H18F2N2. The number of nitrogens with one attached hydrogen (secondary N) is 1. The third kappa shape index (κ3) is 3.61. The maximum absolute atomic E-state index is 13.9. The van der Waals surface area contributed by atoms with Crippen molar-refractivity contribution in [3.8, 4) is 0 Å². The molecule has 0 saturated heterocycles. The van der Waals surface area contributed by atoms with Crippen LogP contribution in [0.15, 0.2) is 42.7 Å². The van der Waals surface area contributed by atoms with Gasteiger partial charge in [-0.2, -0.15) is 0 Å². The zero-order valence-corrected chi connectivity index (χ0v) is 11.4. The van der Waals surface area contributed by atoms with Crippen molar-refractivity contribution >= 4 is 0 Å². The Morgan fingerprint density at radius 3 is 2.60 bits per heavy atom. The summed E-state index contributed by atoms with van der Waals surface area (Å²) in [6.45, 7) is 2.66. The number of hydrogen-bond acceptors (Lipinski definition) is 2. The van der Waals surface area contributed by atoms with E-state index in [1.165, 1.54) is 0 Å². The number of aromatic nitrogens is 1. The maximum atomic E-state index is 13.9. The molecule has 1 aromatic heterocycles. The van der Waals surface area contributed by atoms with E-state index in [0.717, 1.165) is 18.1 Å². The van der Waals surface area contributed by atoms with Gasteiger partial charge < -0.3 is 5.32 Å². The van der Waals surface area contributed by atoms with Gasteiger partial charge >= 0.3 is 0 Å². The van der Waals surface area contributed by atoms with Crippen molar-refractivity contribution in [2.24, 2.45) is 0 Å². The van der Waals surface area contributed by atoms with Gasteiger partial charge in [-0.25, -0.2) is 8.78 Å². The average Bonchev–Trinajstić information content (AvgIpc) is 2.48. The first-order chi connectivity index (χ1) is 9.72. The van der Waals surface area contributed by atoms with Crippen LogP contribution in [0.4, 0.5) is 8.78 Å². The van der Waals surface area contributed by atoms with Crippen LogP contribution in [0, 0.1) is 11.6 Å². The summed E-state index contributed by atoms with van der Waals surface area (Å²) in [4.78, 5) is 3.97. The molecule has 0 bridgehead atoms. The lowest BCUT2D eigenvalue weighted by Crippen LogP contribution is -2.23. The van der Waals surface area contributed by atoms with E-state index in [0.29, 0.717) is 18.5 Å². The van der Waals surface area contributed by atoms with E-state index >= 15 is 0 Å². The number of nitrogens with zero attached hydrogens (tertiary/aromatic N) is 1. The van der Waals surface area contributed by atoms with Gasteiger partial charge in [0.05, 0.1) is 0 Å². The van der Waals surface area contributed by atoms with Crippen LogP contribution in [0.5, 0.6) is 0 Å². The quantitative estimate of drug-likeness (QED) is 0.871. The SMILES string of the molecule is CCNC(CCc1ccncc1)c1cccc(F)c1F. The van der Waals surface area contributed by atoms with Crippen molar-refractivity contribution in [3.63, 3.8) is 0 Å². The Bertz CT molecular complexity index is 543. The Balaban J connectivity index is 2.12. The molecule has 1 unspecified atom stereocenters. The van der Waals surface area contributed by atoms with E-state index in [1.54, 1.807) is 24.5 Å². The van der Waals surface area contributed by atoms with E-state index in [2.05, 4.69) is 10.3 Å². The van der Waals surface area contributed by atoms with Crippen LogP contribution in [0.3, 0.4) is 0 Å². The number of rotatable bonds is 6. The molecule has 0 fully saturated rings. The topological polar surface area (TPSA) is 24.9 Å². The maximum Gasteiger partial charge on any atom is 0.163 e. The van der Waals surface area contributed by atoms with E-state index in [9.17, 15) is 8.78 Å². The standard InChI is InChI=1S/C16H18F2N2/c1-2-20-15(7-6-12-8-10-19-11-9-12)13-4-3-5-14(17)16(13)18/h3-5,8-11,15,20H,2,6-7H2,1H3. The average molecular weight is 276 g/mol. The predicted octanol–water partition coefficient (Wildman–Crippen LogP) is 3.64. The van der Waals surface area contributed by atoms with Crippen LogP contribution < -0.4 is 5.32 Å². The van der Waals surface area contributed by atoms with Crippen molar-refractivity contribution in [2.45, 2.75) is 25.8 Å². The number of hydrogen-bond donors (Lipinski definition) is 1. The lowest BCUT2D eigenvalue weighted by molar-refractivity contribution is 0.452. The summed E-state index contributed by atoms with van der Waals surface area (Å²) in [5.74, 6) is -1.55. The van der Waals surface area contributed by atoms with Gasteiger partial charge in [-0.15, -0.1) is 0 Å². The first-order valence-corrected chi connectivity index (χ1v) is 6.78. The molecule has 0 spiro atoms. The molecule has 2 rings (SSSR count). The summed E-state index contributed by atoms with van der Waals surface area (Å²) in [6, 6.07) is 8.01. The zero-order chi connectivity index (χ0) is 14.4. The van der Waals surface area contributed by atoms with E-state index in [-0.39, 0.29) is 6.04 Å². The van der Waals surface area contributed by atoms with Crippen molar-refractivity contribution in [1.29, 1.82) is 0 Å². The monoisotopic (exact) mass is 276 g/mol. The summed E-state index contributed by atoms with van der Waals surface area (Å²) in [7, 11) is 0. The van der Waals surface area contributed by atoms with Crippen molar-refractivity contribution in [3.05, 3.63) is 65.5 Å². The molecule has 0 amide bonds. The van der Waals surface area contributed by atoms with Gasteiger partial charge in [0.2, 0.25) is 0 Å². The molecule has 0 saturated carbocycles. The minimum atomic E-state index is -0.797. The van der Waals surface area contributed by atoms with Crippen molar-refractivity contribution < 1.29 is 8.78 Å². The lowest BCUT2D eigenvalue weighted by atomic mass is 9.98. The first-order valence-electron chi connectivity index (χ1n) is 6.78. The van der Waals surface area contributed by atoms with Gasteiger partial charge in [-0.3, -0.25) is 4.98 Å². The largest absolute Gasteiger partial charge is 0.310 e. The molecule has 1 aromatic carbocycles. The molecule has 106 valence electrons. The number of benzene rings is 1. The molecule has 2 aromatic rings. The third-order valence-electron chi connectivity index (χ3n) is 3.28. The molecular weight excluding hydrogens is 258 g/mol. The molecule has 0 aliphatic carbocycles. The summed E-state index contributed by atoms with van der Waals surface area (Å²) in [5.41, 5.74) is 1.53. The fourth-order valence-corrected chi connectivity index (χ4v) is 2.26. The van der Waals surface area contributed by atoms with Crippen molar-refractivity contribution in [1.82, 2.24) is 10.3 Å². The summed E-state index contributed by atoms with van der Waals surface area (Å²) in [5, 5.41) is 3.21. The molecule has 4 heteroatoms. The van der Waals surface area contributed by atoms with Crippen LogP contribution in [0.1, 0.15) is 30.5 Å². The highest BCUT2D eigenvalue weighted by molar-refractivity contribution is 5.23. The van der Waals surface area contributed by atoms with Crippen LogP contribution in [-0.2, 0) is 6.42 Å². The Kier molecular flexibility index (Phi) is 5.18. The Hall–Kier alpha value is -1.81. The summed E-state index contributed by atoms with van der Waals surface area (Å²) >= 11 is 0. The zero-order valence-electron chi connectivity index (χ0n) is 11.4. The highest BCUT2D eigenvalue weighted by Crippen LogP contribution is 2.23. The molecule has 2 nitrogen and oxygen atoms in total. The normalized spacial score (nSPS) is 12.3. The smallest absolute Gasteiger partial charge is 0.163 e. The van der Waals surface area contributed by atoms with Crippen LogP contribution in [0.25, 0.3) is 0 Å². The van der Waals surface area contributed by atoms with Gasteiger partial charge in [-0.1, -0.05) is 19.1 Å². The fourth-order valence-electron chi connectivity index (χ4n) is 2.26. The van der Waals surface area contributed by atoms with Crippen LogP contribution >= 0.6 is 0 Å². The highest BCUT2D eigenvalue weighted by Gasteiger charge is 2.17. The third-order valence-corrected chi connectivity index (χ3v) is 3.28. The van der Waals surface area contributed by atoms with Gasteiger partial charge in [0.25, 0.3) is 0 Å². The number of aryl methyl sites for hydroxylation is 1.